The highest BCUT2D eigenvalue weighted by molar-refractivity contribution is 5.89. The quantitative estimate of drug-likeness (QED) is 0.538. The molecule has 0 saturated carbocycles. The smallest absolute Gasteiger partial charge is 0.221 e. The maximum absolute atomic E-state index is 11.1. The van der Waals surface area contributed by atoms with Crippen LogP contribution in [0.5, 0.6) is 5.75 Å². The molecule has 5 heteroatoms. The van der Waals surface area contributed by atoms with Gasteiger partial charge in [-0.05, 0) is 66.6 Å². The summed E-state index contributed by atoms with van der Waals surface area (Å²) in [4.78, 5) is 11.1. The molecule has 0 bridgehead atoms. The van der Waals surface area contributed by atoms with Crippen LogP contribution in [0.2, 0.25) is 0 Å². The first-order chi connectivity index (χ1) is 13.1. The Hall–Kier alpha value is -3.47. The van der Waals surface area contributed by atoms with E-state index in [1.807, 2.05) is 79.7 Å². The SMILES string of the molecule is CCOc1ccc(N=Nc2ccc(-c3ccc(NC(C)=O)cc3)cc2)cc1. The topological polar surface area (TPSA) is 63.1 Å². The molecule has 0 saturated heterocycles. The fourth-order valence-electron chi connectivity index (χ4n) is 2.56. The van der Waals surface area contributed by atoms with E-state index < -0.39 is 0 Å². The van der Waals surface area contributed by atoms with Gasteiger partial charge in [0.05, 0.1) is 18.0 Å². The maximum atomic E-state index is 11.1. The molecule has 0 aliphatic rings. The Labute approximate surface area is 158 Å². The van der Waals surface area contributed by atoms with E-state index in [0.29, 0.717) is 6.61 Å². The van der Waals surface area contributed by atoms with Crippen LogP contribution in [-0.4, -0.2) is 12.5 Å². The Balaban J connectivity index is 1.66. The molecule has 0 radical (unpaired) electrons. The second kappa shape index (κ2) is 8.76. The summed E-state index contributed by atoms with van der Waals surface area (Å²) < 4.78 is 5.41. The predicted molar refractivity (Wildman–Crippen MR) is 108 cm³/mol. The van der Waals surface area contributed by atoms with E-state index >= 15 is 0 Å². The lowest BCUT2D eigenvalue weighted by molar-refractivity contribution is -0.114. The van der Waals surface area contributed by atoms with Crippen molar-refractivity contribution in [3.8, 4) is 16.9 Å². The van der Waals surface area contributed by atoms with Gasteiger partial charge >= 0.3 is 0 Å². The molecule has 0 atom stereocenters. The van der Waals surface area contributed by atoms with Crippen molar-refractivity contribution in [2.75, 3.05) is 11.9 Å². The summed E-state index contributed by atoms with van der Waals surface area (Å²) in [6, 6.07) is 23.1. The van der Waals surface area contributed by atoms with Crippen LogP contribution < -0.4 is 10.1 Å². The van der Waals surface area contributed by atoms with Crippen LogP contribution in [0.15, 0.2) is 83.0 Å². The van der Waals surface area contributed by atoms with E-state index in [1.165, 1.54) is 6.92 Å². The average Bonchev–Trinajstić information content (AvgIpc) is 2.68. The van der Waals surface area contributed by atoms with Crippen LogP contribution >= 0.6 is 0 Å². The van der Waals surface area contributed by atoms with Crippen LogP contribution in [-0.2, 0) is 4.79 Å². The molecular formula is C22H21N3O2. The minimum absolute atomic E-state index is 0.0787. The number of carbonyl (C=O) groups is 1. The third kappa shape index (κ3) is 5.25. The lowest BCUT2D eigenvalue weighted by Crippen LogP contribution is -2.05. The largest absolute Gasteiger partial charge is 0.494 e. The van der Waals surface area contributed by atoms with Crippen LogP contribution in [0, 0.1) is 0 Å². The van der Waals surface area contributed by atoms with Crippen LogP contribution in [0.3, 0.4) is 0 Å². The lowest BCUT2D eigenvalue weighted by atomic mass is 10.1. The summed E-state index contributed by atoms with van der Waals surface area (Å²) in [6.07, 6.45) is 0. The van der Waals surface area contributed by atoms with Crippen molar-refractivity contribution in [2.24, 2.45) is 10.2 Å². The molecule has 136 valence electrons. The molecule has 0 unspecified atom stereocenters. The predicted octanol–water partition coefficient (Wildman–Crippen LogP) is 6.13. The number of hydrogen-bond acceptors (Lipinski definition) is 4. The zero-order valence-electron chi connectivity index (χ0n) is 15.3. The van der Waals surface area contributed by atoms with Crippen molar-refractivity contribution in [3.63, 3.8) is 0 Å². The van der Waals surface area contributed by atoms with Gasteiger partial charge in [-0.15, -0.1) is 0 Å². The molecule has 0 aliphatic heterocycles. The Kier molecular flexibility index (Phi) is 5.94. The van der Waals surface area contributed by atoms with Crippen molar-refractivity contribution < 1.29 is 9.53 Å². The highest BCUT2D eigenvalue weighted by Crippen LogP contribution is 2.26. The van der Waals surface area contributed by atoms with Crippen molar-refractivity contribution in [2.45, 2.75) is 13.8 Å². The minimum Gasteiger partial charge on any atom is -0.494 e. The number of rotatable bonds is 6. The molecule has 5 nitrogen and oxygen atoms in total. The molecule has 0 aromatic heterocycles. The van der Waals surface area contributed by atoms with Gasteiger partial charge < -0.3 is 10.1 Å². The number of amides is 1. The molecule has 3 aromatic carbocycles. The molecule has 0 spiro atoms. The second-order valence-corrected chi connectivity index (χ2v) is 5.93. The number of carbonyl (C=O) groups excluding carboxylic acids is 1. The molecule has 3 aromatic rings. The first kappa shape index (κ1) is 18.3. The number of nitrogens with one attached hydrogen (secondary N) is 1. The van der Waals surface area contributed by atoms with E-state index in [0.717, 1.165) is 33.9 Å². The second-order valence-electron chi connectivity index (χ2n) is 5.93. The van der Waals surface area contributed by atoms with Gasteiger partial charge in [-0.3, -0.25) is 4.79 Å². The fraction of sp³-hybridized carbons (Fsp3) is 0.136. The normalized spacial score (nSPS) is 10.7. The summed E-state index contributed by atoms with van der Waals surface area (Å²) >= 11 is 0. The molecule has 27 heavy (non-hydrogen) atoms. The van der Waals surface area contributed by atoms with Crippen LogP contribution in [0.4, 0.5) is 17.1 Å². The third-order valence-electron chi connectivity index (χ3n) is 3.83. The summed E-state index contributed by atoms with van der Waals surface area (Å²) in [6.45, 7) is 4.09. The molecule has 0 fully saturated rings. The monoisotopic (exact) mass is 359 g/mol. The Morgan fingerprint density at radius 1 is 0.815 bits per heavy atom. The number of nitrogens with zero attached hydrogens (tertiary/aromatic N) is 2. The minimum atomic E-state index is -0.0787. The third-order valence-corrected chi connectivity index (χ3v) is 3.83. The van der Waals surface area contributed by atoms with Gasteiger partial charge in [0, 0.05) is 12.6 Å². The van der Waals surface area contributed by atoms with E-state index in [1.54, 1.807) is 0 Å². The molecule has 0 aliphatic carbocycles. The number of hydrogen-bond donors (Lipinski definition) is 1. The van der Waals surface area contributed by atoms with Crippen molar-refractivity contribution in [1.82, 2.24) is 0 Å². The van der Waals surface area contributed by atoms with E-state index in [-0.39, 0.29) is 5.91 Å². The average molecular weight is 359 g/mol. The van der Waals surface area contributed by atoms with E-state index in [9.17, 15) is 4.79 Å². The summed E-state index contributed by atoms with van der Waals surface area (Å²) in [7, 11) is 0. The van der Waals surface area contributed by atoms with Gasteiger partial charge in [-0.25, -0.2) is 0 Å². The lowest BCUT2D eigenvalue weighted by Gasteiger charge is -2.05. The summed E-state index contributed by atoms with van der Waals surface area (Å²) in [5.41, 5.74) is 4.48. The van der Waals surface area contributed by atoms with Crippen LogP contribution in [0.25, 0.3) is 11.1 Å². The summed E-state index contributed by atoms with van der Waals surface area (Å²) in [5, 5.41) is 11.3. The standard InChI is InChI=1S/C22H21N3O2/c1-3-27-22-14-12-21(13-15-22)25-24-20-10-6-18(7-11-20)17-4-8-19(9-5-17)23-16(2)26/h4-15H,3H2,1-2H3,(H,23,26). The molecule has 1 N–H and O–H groups in total. The van der Waals surface area contributed by atoms with Crippen molar-refractivity contribution >= 4 is 23.0 Å². The Morgan fingerprint density at radius 3 is 1.78 bits per heavy atom. The fourth-order valence-corrected chi connectivity index (χ4v) is 2.56. The molecule has 1 amide bonds. The first-order valence-corrected chi connectivity index (χ1v) is 8.77. The number of azo groups is 1. The number of ether oxygens (including phenoxy) is 1. The molecule has 3 rings (SSSR count). The summed E-state index contributed by atoms with van der Waals surface area (Å²) in [5.74, 6) is 0.746. The molecule has 0 heterocycles. The van der Waals surface area contributed by atoms with Gasteiger partial charge in [-0.2, -0.15) is 10.2 Å². The van der Waals surface area contributed by atoms with Gasteiger partial charge in [0.2, 0.25) is 5.91 Å². The van der Waals surface area contributed by atoms with E-state index in [2.05, 4.69) is 15.5 Å². The molecular weight excluding hydrogens is 338 g/mol. The number of benzene rings is 3. The van der Waals surface area contributed by atoms with Gasteiger partial charge in [-0.1, -0.05) is 24.3 Å². The van der Waals surface area contributed by atoms with Gasteiger partial charge in [0.25, 0.3) is 0 Å². The van der Waals surface area contributed by atoms with Gasteiger partial charge in [0.15, 0.2) is 0 Å². The first-order valence-electron chi connectivity index (χ1n) is 8.77. The number of anilines is 1. The Morgan fingerprint density at radius 2 is 1.30 bits per heavy atom. The maximum Gasteiger partial charge on any atom is 0.221 e. The van der Waals surface area contributed by atoms with Crippen molar-refractivity contribution in [3.05, 3.63) is 72.8 Å². The van der Waals surface area contributed by atoms with Gasteiger partial charge in [0.1, 0.15) is 5.75 Å². The zero-order valence-corrected chi connectivity index (χ0v) is 15.3. The highest BCUT2D eigenvalue weighted by Gasteiger charge is 2.00. The highest BCUT2D eigenvalue weighted by atomic mass is 16.5. The van der Waals surface area contributed by atoms with E-state index in [4.69, 9.17) is 4.74 Å². The van der Waals surface area contributed by atoms with Crippen LogP contribution in [0.1, 0.15) is 13.8 Å². The zero-order chi connectivity index (χ0) is 19.1. The Bertz CT molecular complexity index is 915. The van der Waals surface area contributed by atoms with Crippen molar-refractivity contribution in [1.29, 1.82) is 0 Å².